The second-order valence-corrected chi connectivity index (χ2v) is 5.26. The van der Waals surface area contributed by atoms with Crippen molar-refractivity contribution in [1.82, 2.24) is 0 Å². The highest BCUT2D eigenvalue weighted by Crippen LogP contribution is 2.21. The van der Waals surface area contributed by atoms with Crippen molar-refractivity contribution in [1.29, 1.82) is 0 Å². The number of benzene rings is 1. The van der Waals surface area contributed by atoms with Gasteiger partial charge in [-0.2, -0.15) is 0 Å². The minimum absolute atomic E-state index is 0.209. The standard InChI is InChI=1S/C14H9ClFNO2S/c15-9-6-10(16)8-11(7-9)17-14(19)13-4-3-12(20-13)2-1-5-18/h3-4,6-8,18H,5H2,(H,17,19). The molecule has 0 aliphatic carbocycles. The normalized spacial score (nSPS) is 9.75. The van der Waals surface area contributed by atoms with Crippen molar-refractivity contribution < 1.29 is 14.3 Å². The molecule has 0 spiro atoms. The number of thiophene rings is 1. The molecule has 0 radical (unpaired) electrons. The van der Waals surface area contributed by atoms with Gasteiger partial charge in [0.15, 0.2) is 0 Å². The van der Waals surface area contributed by atoms with Gasteiger partial charge < -0.3 is 10.4 Å². The molecule has 0 saturated heterocycles. The van der Waals surface area contributed by atoms with Crippen molar-refractivity contribution >= 4 is 34.5 Å². The average Bonchev–Trinajstić information content (AvgIpc) is 2.83. The molecule has 102 valence electrons. The lowest BCUT2D eigenvalue weighted by Gasteiger charge is -2.04. The molecule has 1 aromatic carbocycles. The fourth-order valence-electron chi connectivity index (χ4n) is 1.47. The molecule has 0 unspecified atom stereocenters. The third kappa shape index (κ3) is 3.81. The van der Waals surface area contributed by atoms with Gasteiger partial charge in [0.05, 0.1) is 9.75 Å². The van der Waals surface area contributed by atoms with E-state index < -0.39 is 5.82 Å². The number of carbonyl (C=O) groups is 1. The zero-order valence-electron chi connectivity index (χ0n) is 10.1. The summed E-state index contributed by atoms with van der Waals surface area (Å²) in [6, 6.07) is 7.10. The lowest BCUT2D eigenvalue weighted by molar-refractivity contribution is 0.103. The first-order valence-electron chi connectivity index (χ1n) is 5.55. The number of halogens is 2. The molecule has 1 amide bonds. The molecule has 0 aliphatic heterocycles. The summed E-state index contributed by atoms with van der Waals surface area (Å²) in [6.45, 7) is -0.235. The summed E-state index contributed by atoms with van der Waals surface area (Å²) in [5, 5.41) is 11.4. The van der Waals surface area contributed by atoms with Crippen LogP contribution in [0.5, 0.6) is 0 Å². The van der Waals surface area contributed by atoms with Crippen LogP contribution >= 0.6 is 22.9 Å². The van der Waals surface area contributed by atoms with Gasteiger partial charge in [-0.15, -0.1) is 11.3 Å². The molecular formula is C14H9ClFNO2S. The smallest absolute Gasteiger partial charge is 0.265 e. The van der Waals surface area contributed by atoms with Gasteiger partial charge in [0.2, 0.25) is 0 Å². The number of amides is 1. The summed E-state index contributed by atoms with van der Waals surface area (Å²) in [5.74, 6) is 4.32. The molecule has 6 heteroatoms. The largest absolute Gasteiger partial charge is 0.384 e. The lowest BCUT2D eigenvalue weighted by atomic mass is 10.3. The summed E-state index contributed by atoms with van der Waals surface area (Å²) in [7, 11) is 0. The van der Waals surface area contributed by atoms with Gasteiger partial charge >= 0.3 is 0 Å². The van der Waals surface area contributed by atoms with Crippen LogP contribution in [0.25, 0.3) is 0 Å². The zero-order chi connectivity index (χ0) is 14.5. The van der Waals surface area contributed by atoms with E-state index in [0.717, 1.165) is 6.07 Å². The van der Waals surface area contributed by atoms with Crippen LogP contribution < -0.4 is 5.32 Å². The second-order valence-electron chi connectivity index (χ2n) is 3.74. The number of hydrogen-bond acceptors (Lipinski definition) is 3. The van der Waals surface area contributed by atoms with E-state index in [1.807, 2.05) is 0 Å². The fraction of sp³-hybridized carbons (Fsp3) is 0.0714. The van der Waals surface area contributed by atoms with Gasteiger partial charge in [0.1, 0.15) is 12.4 Å². The van der Waals surface area contributed by atoms with Gasteiger partial charge in [-0.3, -0.25) is 4.79 Å². The molecule has 1 aromatic heterocycles. The number of aliphatic hydroxyl groups is 1. The Kier molecular flexibility index (Phi) is 4.74. The van der Waals surface area contributed by atoms with Crippen LogP contribution in [0.3, 0.4) is 0 Å². The van der Waals surface area contributed by atoms with Gasteiger partial charge in [0.25, 0.3) is 5.91 Å². The van der Waals surface area contributed by atoms with Crippen LogP contribution in [-0.2, 0) is 0 Å². The zero-order valence-corrected chi connectivity index (χ0v) is 11.7. The molecule has 0 fully saturated rings. The van der Waals surface area contributed by atoms with Gasteiger partial charge in [-0.1, -0.05) is 23.4 Å². The molecular weight excluding hydrogens is 301 g/mol. The molecule has 0 aliphatic rings. The van der Waals surface area contributed by atoms with Gasteiger partial charge in [0, 0.05) is 10.7 Å². The Morgan fingerprint density at radius 3 is 2.90 bits per heavy atom. The Bertz CT molecular complexity index is 682. The first-order chi connectivity index (χ1) is 9.58. The van der Waals surface area contributed by atoms with E-state index in [9.17, 15) is 9.18 Å². The van der Waals surface area contributed by atoms with Crippen molar-refractivity contribution in [3.05, 3.63) is 50.9 Å². The van der Waals surface area contributed by atoms with Crippen LogP contribution in [0.4, 0.5) is 10.1 Å². The maximum atomic E-state index is 13.1. The summed E-state index contributed by atoms with van der Waals surface area (Å²) >= 11 is 6.90. The van der Waals surface area contributed by atoms with E-state index >= 15 is 0 Å². The minimum Gasteiger partial charge on any atom is -0.384 e. The van der Waals surface area contributed by atoms with Crippen molar-refractivity contribution in [2.24, 2.45) is 0 Å². The number of carbonyl (C=O) groups excluding carboxylic acids is 1. The topological polar surface area (TPSA) is 49.3 Å². The molecule has 2 rings (SSSR count). The Hall–Kier alpha value is -1.87. The number of aliphatic hydroxyl groups excluding tert-OH is 1. The first kappa shape index (κ1) is 14.5. The van der Waals surface area contributed by atoms with E-state index in [-0.39, 0.29) is 23.2 Å². The van der Waals surface area contributed by atoms with Crippen molar-refractivity contribution in [2.75, 3.05) is 11.9 Å². The van der Waals surface area contributed by atoms with Crippen LogP contribution in [0.2, 0.25) is 5.02 Å². The Labute approximate surface area is 124 Å². The lowest BCUT2D eigenvalue weighted by Crippen LogP contribution is -2.10. The summed E-state index contributed by atoms with van der Waals surface area (Å²) < 4.78 is 13.1. The van der Waals surface area contributed by atoms with E-state index in [4.69, 9.17) is 16.7 Å². The first-order valence-corrected chi connectivity index (χ1v) is 6.75. The number of rotatable bonds is 2. The molecule has 1 heterocycles. The third-order valence-electron chi connectivity index (χ3n) is 2.24. The van der Waals surface area contributed by atoms with Crippen molar-refractivity contribution in [3.63, 3.8) is 0 Å². The van der Waals surface area contributed by atoms with Gasteiger partial charge in [-0.05, 0) is 30.3 Å². The third-order valence-corrected chi connectivity index (χ3v) is 3.46. The predicted octanol–water partition coefficient (Wildman–Crippen LogP) is 3.14. The van der Waals surface area contributed by atoms with Gasteiger partial charge in [-0.25, -0.2) is 4.39 Å². The van der Waals surface area contributed by atoms with Crippen LogP contribution in [-0.4, -0.2) is 17.6 Å². The SMILES string of the molecule is O=C(Nc1cc(F)cc(Cl)c1)c1ccc(C#CCO)s1. The van der Waals surface area contributed by atoms with E-state index in [2.05, 4.69) is 17.2 Å². The molecule has 0 bridgehead atoms. The molecule has 2 aromatic rings. The maximum absolute atomic E-state index is 13.1. The van der Waals surface area contributed by atoms with E-state index in [1.165, 1.54) is 23.5 Å². The maximum Gasteiger partial charge on any atom is 0.265 e. The number of anilines is 1. The minimum atomic E-state index is -0.520. The van der Waals surface area contributed by atoms with Crippen molar-refractivity contribution in [3.8, 4) is 11.8 Å². The Morgan fingerprint density at radius 2 is 2.20 bits per heavy atom. The average molecular weight is 310 g/mol. The van der Waals surface area contributed by atoms with Crippen LogP contribution in [0.15, 0.2) is 30.3 Å². The molecule has 20 heavy (non-hydrogen) atoms. The second kappa shape index (κ2) is 6.53. The number of hydrogen-bond donors (Lipinski definition) is 2. The Balaban J connectivity index is 2.13. The summed E-state index contributed by atoms with van der Waals surface area (Å²) in [6.07, 6.45) is 0. The molecule has 3 nitrogen and oxygen atoms in total. The highest BCUT2D eigenvalue weighted by atomic mass is 35.5. The van der Waals surface area contributed by atoms with Crippen molar-refractivity contribution in [2.45, 2.75) is 0 Å². The molecule has 2 N–H and O–H groups in total. The quantitative estimate of drug-likeness (QED) is 0.837. The predicted molar refractivity (Wildman–Crippen MR) is 77.6 cm³/mol. The number of nitrogens with one attached hydrogen (secondary N) is 1. The highest BCUT2D eigenvalue weighted by Gasteiger charge is 2.10. The van der Waals surface area contributed by atoms with Crippen LogP contribution in [0, 0.1) is 17.7 Å². The van der Waals surface area contributed by atoms with E-state index in [0.29, 0.717) is 9.75 Å². The van der Waals surface area contributed by atoms with Crippen LogP contribution in [0.1, 0.15) is 14.5 Å². The summed E-state index contributed by atoms with van der Waals surface area (Å²) in [4.78, 5) is 13.1. The monoisotopic (exact) mass is 309 g/mol. The molecule has 0 saturated carbocycles. The highest BCUT2D eigenvalue weighted by molar-refractivity contribution is 7.14. The summed E-state index contributed by atoms with van der Waals surface area (Å²) in [5.41, 5.74) is 0.288. The van der Waals surface area contributed by atoms with E-state index in [1.54, 1.807) is 12.1 Å². The fourth-order valence-corrected chi connectivity index (χ4v) is 2.47. The molecule has 0 atom stereocenters. The Morgan fingerprint density at radius 1 is 1.40 bits per heavy atom.